The van der Waals surface area contributed by atoms with Crippen molar-refractivity contribution >= 4 is 50.6 Å². The summed E-state index contributed by atoms with van der Waals surface area (Å²) in [6, 6.07) is 21.6. The van der Waals surface area contributed by atoms with Crippen LogP contribution in [-0.2, 0) is 14.9 Å². The Kier molecular flexibility index (Phi) is 6.21. The van der Waals surface area contributed by atoms with Crippen LogP contribution in [0.3, 0.4) is 0 Å². The summed E-state index contributed by atoms with van der Waals surface area (Å²) < 4.78 is 35.4. The van der Waals surface area contributed by atoms with Gasteiger partial charge in [0.1, 0.15) is 22.2 Å². The quantitative estimate of drug-likeness (QED) is 0.371. The van der Waals surface area contributed by atoms with Crippen LogP contribution in [-0.4, -0.2) is 37.3 Å². The lowest BCUT2D eigenvalue weighted by atomic mass is 10.1. The van der Waals surface area contributed by atoms with Crippen molar-refractivity contribution in [3.63, 3.8) is 0 Å². The van der Waals surface area contributed by atoms with Gasteiger partial charge in [-0.2, -0.15) is 13.4 Å². The fourth-order valence-electron chi connectivity index (χ4n) is 3.62. The van der Waals surface area contributed by atoms with Crippen molar-refractivity contribution in [2.75, 3.05) is 7.11 Å². The Balaban J connectivity index is 1.36. The van der Waals surface area contributed by atoms with Crippen LogP contribution in [0.5, 0.6) is 11.5 Å². The van der Waals surface area contributed by atoms with Gasteiger partial charge in [0.15, 0.2) is 5.17 Å². The highest BCUT2D eigenvalue weighted by atomic mass is 32.2. The largest absolute Gasteiger partial charge is 0.497 e. The van der Waals surface area contributed by atoms with Crippen LogP contribution >= 0.6 is 11.8 Å². The number of nitrogens with zero attached hydrogens (tertiary/aromatic N) is 2. The maximum atomic E-state index is 12.7. The van der Waals surface area contributed by atoms with E-state index in [0.29, 0.717) is 16.5 Å². The molecule has 0 atom stereocenters. The highest BCUT2D eigenvalue weighted by Gasteiger charge is 2.36. The summed E-state index contributed by atoms with van der Waals surface area (Å²) in [5, 5.41) is 11.0. The molecule has 0 aliphatic carbocycles. The van der Waals surface area contributed by atoms with E-state index in [9.17, 15) is 13.2 Å². The van der Waals surface area contributed by atoms with Crippen molar-refractivity contribution in [1.82, 2.24) is 4.90 Å². The zero-order valence-corrected chi connectivity index (χ0v) is 20.5. The van der Waals surface area contributed by atoms with Gasteiger partial charge in [0, 0.05) is 5.41 Å². The predicted molar refractivity (Wildman–Crippen MR) is 139 cm³/mol. The second kappa shape index (κ2) is 9.48. The normalized spacial score (nSPS) is 16.5. The summed E-state index contributed by atoms with van der Waals surface area (Å²) in [6.07, 6.45) is 1.55. The molecular formula is C26H19N3O5S2. The summed E-state index contributed by atoms with van der Waals surface area (Å²) in [4.78, 5) is 18.5. The van der Waals surface area contributed by atoms with Crippen molar-refractivity contribution in [1.29, 1.82) is 5.41 Å². The molecule has 10 heteroatoms. The van der Waals surface area contributed by atoms with Crippen molar-refractivity contribution in [2.45, 2.75) is 4.90 Å². The average Bonchev–Trinajstić information content (AvgIpc) is 3.32. The molecule has 1 N–H and O–H groups in total. The van der Waals surface area contributed by atoms with E-state index in [4.69, 9.17) is 14.3 Å². The zero-order valence-electron chi connectivity index (χ0n) is 18.9. The highest BCUT2D eigenvalue weighted by molar-refractivity contribution is 8.17. The van der Waals surface area contributed by atoms with Gasteiger partial charge in [0.05, 0.1) is 18.4 Å². The number of hydrogen-bond donors (Lipinski definition) is 1. The predicted octanol–water partition coefficient (Wildman–Crippen LogP) is 4.77. The van der Waals surface area contributed by atoms with E-state index in [1.165, 1.54) is 55.3 Å². The molecule has 180 valence electrons. The number of carbonyl (C=O) groups excluding carboxylic acids is 1. The topological polar surface area (TPSA) is 109 Å². The molecule has 0 unspecified atom stereocenters. The number of carbonyl (C=O) groups is 1. The van der Waals surface area contributed by atoms with Gasteiger partial charge >= 0.3 is 10.1 Å². The minimum atomic E-state index is -4.03. The number of thioether (sulfide) groups is 1. The maximum Gasteiger partial charge on any atom is 0.339 e. The smallest absolute Gasteiger partial charge is 0.339 e. The van der Waals surface area contributed by atoms with Crippen LogP contribution in [0.15, 0.2) is 99.7 Å². The lowest BCUT2D eigenvalue weighted by molar-refractivity contribution is -0.114. The van der Waals surface area contributed by atoms with Crippen molar-refractivity contribution < 1.29 is 22.1 Å². The fourth-order valence-corrected chi connectivity index (χ4v) is 5.44. The van der Waals surface area contributed by atoms with Crippen LogP contribution in [0.2, 0.25) is 0 Å². The van der Waals surface area contributed by atoms with Gasteiger partial charge in [0.2, 0.25) is 0 Å². The molecule has 2 heterocycles. The van der Waals surface area contributed by atoms with E-state index >= 15 is 0 Å². The molecule has 3 aromatic carbocycles. The second-order valence-electron chi connectivity index (χ2n) is 7.71. The lowest BCUT2D eigenvalue weighted by Crippen LogP contribution is -2.38. The minimum absolute atomic E-state index is 0.00447. The van der Waals surface area contributed by atoms with Gasteiger partial charge in [-0.25, -0.2) is 0 Å². The molecule has 0 bridgehead atoms. The first-order valence-electron chi connectivity index (χ1n) is 10.7. The number of hydrogen-bond acceptors (Lipinski definition) is 7. The second-order valence-corrected chi connectivity index (χ2v) is 10.1. The molecule has 2 aliphatic heterocycles. The standard InChI is InChI=1S/C26H19N3O5S2/c1-33-19-11-13-21(14-12-19)36(31,32)34-20-9-7-17(8-10-20)15-22-24(27)29-23(18-5-3-2-4-6-18)16-35-26(29)28-25(22)30/h2-16,27H,1H3/b22-15-,27-24?. The summed E-state index contributed by atoms with van der Waals surface area (Å²) in [5.74, 6) is 0.157. The number of aliphatic imine (C=N–C) groups is 1. The molecule has 3 aromatic rings. The van der Waals surface area contributed by atoms with Crippen LogP contribution in [0.25, 0.3) is 11.8 Å². The summed E-state index contributed by atoms with van der Waals surface area (Å²) in [7, 11) is -2.54. The first kappa shape index (κ1) is 23.6. The Morgan fingerprint density at radius 1 is 0.944 bits per heavy atom. The van der Waals surface area contributed by atoms with Gasteiger partial charge in [-0.15, -0.1) is 0 Å². The van der Waals surface area contributed by atoms with Gasteiger partial charge in [-0.1, -0.05) is 54.2 Å². The minimum Gasteiger partial charge on any atom is -0.497 e. The lowest BCUT2D eigenvalue weighted by Gasteiger charge is -2.26. The van der Waals surface area contributed by atoms with Gasteiger partial charge in [0.25, 0.3) is 5.91 Å². The Labute approximate surface area is 212 Å². The van der Waals surface area contributed by atoms with Gasteiger partial charge < -0.3 is 8.92 Å². The molecule has 8 nitrogen and oxygen atoms in total. The fraction of sp³-hybridized carbons (Fsp3) is 0.0385. The van der Waals surface area contributed by atoms with E-state index < -0.39 is 16.0 Å². The van der Waals surface area contributed by atoms with Crippen molar-refractivity contribution in [3.8, 4) is 11.5 Å². The van der Waals surface area contributed by atoms with Crippen LogP contribution < -0.4 is 8.92 Å². The van der Waals surface area contributed by atoms with Crippen molar-refractivity contribution in [2.24, 2.45) is 4.99 Å². The summed E-state index contributed by atoms with van der Waals surface area (Å²) >= 11 is 1.30. The molecule has 0 saturated heterocycles. The first-order valence-corrected chi connectivity index (χ1v) is 13.0. The average molecular weight is 518 g/mol. The maximum absolute atomic E-state index is 12.7. The SMILES string of the molecule is COc1ccc(S(=O)(=O)Oc2ccc(/C=C3/C(=N)N4C(c5ccccc5)=CSC4=NC3=O)cc2)cc1. The molecule has 1 amide bonds. The number of ether oxygens (including phenoxy) is 1. The monoisotopic (exact) mass is 517 g/mol. The highest BCUT2D eigenvalue weighted by Crippen LogP contribution is 2.37. The zero-order chi connectivity index (χ0) is 25.3. The molecule has 0 aromatic heterocycles. The molecule has 2 aliphatic rings. The van der Waals surface area contributed by atoms with Crippen LogP contribution in [0.4, 0.5) is 0 Å². The Bertz CT molecular complexity index is 1540. The Morgan fingerprint density at radius 2 is 1.61 bits per heavy atom. The third kappa shape index (κ3) is 4.56. The molecule has 0 fully saturated rings. The third-order valence-corrected chi connectivity index (χ3v) is 7.52. The van der Waals surface area contributed by atoms with E-state index in [-0.39, 0.29) is 22.1 Å². The molecule has 0 saturated carbocycles. The molecule has 5 rings (SSSR count). The van der Waals surface area contributed by atoms with E-state index in [1.54, 1.807) is 23.1 Å². The Morgan fingerprint density at radius 3 is 2.28 bits per heavy atom. The van der Waals surface area contributed by atoms with E-state index in [1.807, 2.05) is 35.7 Å². The molecule has 36 heavy (non-hydrogen) atoms. The number of fused-ring (bicyclic) bond motifs is 1. The van der Waals surface area contributed by atoms with Crippen LogP contribution in [0.1, 0.15) is 11.1 Å². The number of amides is 1. The molecular weight excluding hydrogens is 498 g/mol. The number of nitrogens with one attached hydrogen (secondary N) is 1. The Hall–Kier alpha value is -4.15. The van der Waals surface area contributed by atoms with Crippen molar-refractivity contribution in [3.05, 3.63) is 101 Å². The van der Waals surface area contributed by atoms with E-state index in [0.717, 1.165) is 11.3 Å². The first-order chi connectivity index (χ1) is 17.4. The summed E-state index contributed by atoms with van der Waals surface area (Å²) in [6.45, 7) is 0. The number of methoxy groups -OCH3 is 1. The molecule has 0 radical (unpaired) electrons. The number of amidine groups is 2. The van der Waals surface area contributed by atoms with Gasteiger partial charge in [-0.05, 0) is 53.6 Å². The van der Waals surface area contributed by atoms with E-state index in [2.05, 4.69) is 4.99 Å². The summed E-state index contributed by atoms with van der Waals surface area (Å²) in [5.41, 5.74) is 2.40. The van der Waals surface area contributed by atoms with Crippen LogP contribution in [0, 0.1) is 5.41 Å². The number of benzene rings is 3. The number of rotatable bonds is 6. The van der Waals surface area contributed by atoms with Gasteiger partial charge in [-0.3, -0.25) is 15.1 Å². The molecule has 0 spiro atoms. The third-order valence-electron chi connectivity index (χ3n) is 5.43.